The number of hydrogen-bond donors (Lipinski definition) is 1. The molecule has 1 aliphatic carbocycles. The Morgan fingerprint density at radius 2 is 2.36 bits per heavy atom. The van der Waals surface area contributed by atoms with Crippen molar-refractivity contribution in [3.05, 3.63) is 23.9 Å². The molecule has 0 bridgehead atoms. The minimum absolute atomic E-state index is 0.130. The van der Waals surface area contributed by atoms with Crippen LogP contribution in [-0.4, -0.2) is 18.5 Å². The molecule has 3 nitrogen and oxygen atoms in total. The van der Waals surface area contributed by atoms with Crippen LogP contribution in [0.2, 0.25) is 0 Å². The van der Waals surface area contributed by atoms with Crippen molar-refractivity contribution in [1.29, 1.82) is 0 Å². The Kier molecular flexibility index (Phi) is 2.01. The van der Waals surface area contributed by atoms with Gasteiger partial charge in [0.15, 0.2) is 5.78 Å². The SMILES string of the molecule is C=CC1=C(N=C)C(=O)C(N)C1. The number of carbonyl (C=O) groups is 1. The third kappa shape index (κ3) is 1.14. The molecule has 0 amide bonds. The van der Waals surface area contributed by atoms with Crippen LogP contribution in [0, 0.1) is 0 Å². The molecule has 1 aliphatic rings. The van der Waals surface area contributed by atoms with Crippen LogP contribution in [0.5, 0.6) is 0 Å². The number of ketones is 1. The molecule has 1 unspecified atom stereocenters. The standard InChI is InChI=1S/C8H10N2O/c1-3-5-4-6(9)8(11)7(5)10-2/h3,6H,1-2,4,9H2. The van der Waals surface area contributed by atoms with Crippen molar-refractivity contribution in [2.24, 2.45) is 10.7 Å². The molecule has 3 heteroatoms. The van der Waals surface area contributed by atoms with Crippen LogP contribution >= 0.6 is 0 Å². The van der Waals surface area contributed by atoms with Crippen LogP contribution in [-0.2, 0) is 4.79 Å². The van der Waals surface area contributed by atoms with Crippen molar-refractivity contribution in [2.45, 2.75) is 12.5 Å². The quantitative estimate of drug-likeness (QED) is 0.580. The van der Waals surface area contributed by atoms with E-state index in [9.17, 15) is 4.79 Å². The number of allylic oxidation sites excluding steroid dienone is 1. The molecule has 0 radical (unpaired) electrons. The highest BCUT2D eigenvalue weighted by Crippen LogP contribution is 2.23. The van der Waals surface area contributed by atoms with Gasteiger partial charge >= 0.3 is 0 Å². The summed E-state index contributed by atoms with van der Waals surface area (Å²) < 4.78 is 0. The highest BCUT2D eigenvalue weighted by atomic mass is 16.1. The Balaban J connectivity index is 3.04. The Labute approximate surface area is 65.3 Å². The summed E-state index contributed by atoms with van der Waals surface area (Å²) in [7, 11) is 0. The Bertz CT molecular complexity index is 253. The normalized spacial score (nSPS) is 24.1. The second-order valence-corrected chi connectivity index (χ2v) is 2.41. The molecule has 1 atom stereocenters. The van der Waals surface area contributed by atoms with Crippen LogP contribution in [0.25, 0.3) is 0 Å². The zero-order valence-electron chi connectivity index (χ0n) is 6.21. The third-order valence-electron chi connectivity index (χ3n) is 1.72. The second-order valence-electron chi connectivity index (χ2n) is 2.41. The molecule has 0 saturated carbocycles. The monoisotopic (exact) mass is 150 g/mol. The topological polar surface area (TPSA) is 55.5 Å². The number of nitrogens with two attached hydrogens (primary N) is 1. The predicted octanol–water partition coefficient (Wildman–Crippen LogP) is 0.427. The van der Waals surface area contributed by atoms with Gasteiger partial charge in [0.25, 0.3) is 0 Å². The number of carbonyl (C=O) groups excluding carboxylic acids is 1. The first-order chi connectivity index (χ1) is 5.20. The van der Waals surface area contributed by atoms with Crippen LogP contribution in [0.1, 0.15) is 6.42 Å². The maximum atomic E-state index is 11.1. The van der Waals surface area contributed by atoms with E-state index >= 15 is 0 Å². The summed E-state index contributed by atoms with van der Waals surface area (Å²) in [6, 6.07) is -0.441. The summed E-state index contributed by atoms with van der Waals surface area (Å²) in [5, 5.41) is 0. The predicted molar refractivity (Wildman–Crippen MR) is 44.4 cm³/mol. The first kappa shape index (κ1) is 7.88. The van der Waals surface area contributed by atoms with Crippen molar-refractivity contribution in [3.8, 4) is 0 Å². The zero-order valence-corrected chi connectivity index (χ0v) is 6.21. The van der Waals surface area contributed by atoms with E-state index < -0.39 is 6.04 Å². The summed E-state index contributed by atoms with van der Waals surface area (Å²) in [6.45, 7) is 6.85. The van der Waals surface area contributed by atoms with E-state index in [0.717, 1.165) is 5.57 Å². The van der Waals surface area contributed by atoms with Crippen molar-refractivity contribution < 1.29 is 4.79 Å². The molecule has 0 aromatic rings. The molecule has 2 N–H and O–H groups in total. The molecular weight excluding hydrogens is 140 g/mol. The van der Waals surface area contributed by atoms with Crippen LogP contribution in [0.3, 0.4) is 0 Å². The minimum Gasteiger partial charge on any atom is -0.321 e. The second kappa shape index (κ2) is 2.80. The van der Waals surface area contributed by atoms with Gasteiger partial charge in [0.05, 0.1) is 6.04 Å². The van der Waals surface area contributed by atoms with Gasteiger partial charge in [0, 0.05) is 0 Å². The van der Waals surface area contributed by atoms with Gasteiger partial charge in [-0.1, -0.05) is 12.7 Å². The van der Waals surface area contributed by atoms with Crippen molar-refractivity contribution in [1.82, 2.24) is 0 Å². The zero-order chi connectivity index (χ0) is 8.43. The fourth-order valence-electron chi connectivity index (χ4n) is 1.12. The molecule has 0 aromatic carbocycles. The lowest BCUT2D eigenvalue weighted by atomic mass is 10.2. The van der Waals surface area contributed by atoms with Gasteiger partial charge in [-0.2, -0.15) is 0 Å². The minimum atomic E-state index is -0.441. The Morgan fingerprint density at radius 1 is 1.73 bits per heavy atom. The van der Waals surface area contributed by atoms with E-state index in [1.807, 2.05) is 0 Å². The van der Waals surface area contributed by atoms with Gasteiger partial charge in [-0.25, -0.2) is 0 Å². The molecule has 0 fully saturated rings. The molecule has 0 spiro atoms. The van der Waals surface area contributed by atoms with E-state index in [0.29, 0.717) is 12.1 Å². The highest BCUT2D eigenvalue weighted by Gasteiger charge is 2.27. The largest absolute Gasteiger partial charge is 0.321 e. The van der Waals surface area contributed by atoms with E-state index in [2.05, 4.69) is 18.3 Å². The molecule has 0 aliphatic heterocycles. The summed E-state index contributed by atoms with van der Waals surface area (Å²) in [5.41, 5.74) is 6.67. The first-order valence-electron chi connectivity index (χ1n) is 3.32. The lowest BCUT2D eigenvalue weighted by Gasteiger charge is -1.95. The summed E-state index contributed by atoms with van der Waals surface area (Å²) >= 11 is 0. The number of aliphatic imine (C=N–C) groups is 1. The van der Waals surface area contributed by atoms with E-state index in [1.54, 1.807) is 6.08 Å². The van der Waals surface area contributed by atoms with Gasteiger partial charge in [0.1, 0.15) is 5.70 Å². The molecule has 0 saturated heterocycles. The van der Waals surface area contributed by atoms with Crippen molar-refractivity contribution in [3.63, 3.8) is 0 Å². The Hall–Kier alpha value is -1.22. The van der Waals surface area contributed by atoms with E-state index in [-0.39, 0.29) is 5.78 Å². The smallest absolute Gasteiger partial charge is 0.198 e. The summed E-state index contributed by atoms with van der Waals surface area (Å²) in [6.07, 6.45) is 2.14. The number of hydrogen-bond acceptors (Lipinski definition) is 3. The highest BCUT2D eigenvalue weighted by molar-refractivity contribution is 6.03. The number of Topliss-reactive ketones (excluding diaryl/α,β-unsaturated/α-hetero) is 1. The van der Waals surface area contributed by atoms with Gasteiger partial charge in [-0.3, -0.25) is 9.79 Å². The average Bonchev–Trinajstić information content (AvgIpc) is 2.28. The summed E-state index contributed by atoms with van der Waals surface area (Å²) in [4.78, 5) is 14.7. The number of nitrogens with zero attached hydrogens (tertiary/aromatic N) is 1. The first-order valence-corrected chi connectivity index (χ1v) is 3.32. The lowest BCUT2D eigenvalue weighted by molar-refractivity contribution is -0.116. The van der Waals surface area contributed by atoms with Crippen LogP contribution in [0.4, 0.5) is 0 Å². The fourth-order valence-corrected chi connectivity index (χ4v) is 1.12. The lowest BCUT2D eigenvalue weighted by Crippen LogP contribution is -2.26. The molecule has 1 rings (SSSR count). The molecule has 11 heavy (non-hydrogen) atoms. The molecule has 58 valence electrons. The molecule has 0 heterocycles. The van der Waals surface area contributed by atoms with Gasteiger partial charge < -0.3 is 5.73 Å². The average molecular weight is 150 g/mol. The van der Waals surface area contributed by atoms with E-state index in [1.165, 1.54) is 0 Å². The Morgan fingerprint density at radius 3 is 2.73 bits per heavy atom. The summed E-state index contributed by atoms with van der Waals surface area (Å²) in [5.74, 6) is -0.130. The van der Waals surface area contributed by atoms with Gasteiger partial charge in [-0.15, -0.1) is 0 Å². The molecular formula is C8H10N2O. The van der Waals surface area contributed by atoms with Crippen molar-refractivity contribution in [2.75, 3.05) is 0 Å². The maximum absolute atomic E-state index is 11.1. The van der Waals surface area contributed by atoms with Gasteiger partial charge in [-0.05, 0) is 18.7 Å². The molecule has 0 aromatic heterocycles. The maximum Gasteiger partial charge on any atom is 0.198 e. The van der Waals surface area contributed by atoms with Crippen molar-refractivity contribution >= 4 is 12.5 Å². The van der Waals surface area contributed by atoms with Crippen LogP contribution in [0.15, 0.2) is 28.9 Å². The number of rotatable bonds is 2. The third-order valence-corrected chi connectivity index (χ3v) is 1.72. The fraction of sp³-hybridized carbons (Fsp3) is 0.250. The van der Waals surface area contributed by atoms with Crippen LogP contribution < -0.4 is 5.73 Å². The van der Waals surface area contributed by atoms with Gasteiger partial charge in [0.2, 0.25) is 0 Å². The van der Waals surface area contributed by atoms with E-state index in [4.69, 9.17) is 5.73 Å².